The number of hydrogen-bond acceptors (Lipinski definition) is 7. The molecule has 0 unspecified atom stereocenters. The van der Waals surface area contributed by atoms with Crippen LogP contribution in [0.3, 0.4) is 0 Å². The molecule has 158 valence electrons. The third-order valence-electron chi connectivity index (χ3n) is 3.98. The minimum Gasteiger partial charge on any atom is -0.293 e. The normalized spacial score (nSPS) is 12.0. The number of hydrogen-bond donors (Lipinski definition) is 1. The minimum atomic E-state index is -3.63. The Kier molecular flexibility index (Phi) is 8.95. The van der Waals surface area contributed by atoms with Crippen molar-refractivity contribution in [3.05, 3.63) is 21.1 Å². The van der Waals surface area contributed by atoms with Gasteiger partial charge in [-0.05, 0) is 46.3 Å². The van der Waals surface area contributed by atoms with E-state index in [-0.39, 0.29) is 25.7 Å². The van der Waals surface area contributed by atoms with Crippen molar-refractivity contribution in [2.45, 2.75) is 51.2 Å². The van der Waals surface area contributed by atoms with E-state index in [1.807, 2.05) is 13.8 Å². The van der Waals surface area contributed by atoms with Crippen LogP contribution >= 0.6 is 30.8 Å². The van der Waals surface area contributed by atoms with Crippen molar-refractivity contribution in [1.82, 2.24) is 9.55 Å². The van der Waals surface area contributed by atoms with Gasteiger partial charge in [0, 0.05) is 10.6 Å². The maximum Gasteiger partial charge on any atom is 0.433 e. The first kappa shape index (κ1) is 23.3. The molecule has 11 heteroatoms. The van der Waals surface area contributed by atoms with Gasteiger partial charge in [-0.2, -0.15) is 4.98 Å². The van der Waals surface area contributed by atoms with E-state index in [1.165, 1.54) is 4.57 Å². The molecule has 0 aliphatic carbocycles. The number of alkyl halides is 1. The van der Waals surface area contributed by atoms with Gasteiger partial charge >= 0.3 is 13.4 Å². The zero-order valence-corrected chi connectivity index (χ0v) is 19.1. The highest BCUT2D eigenvalue weighted by atomic mass is 32.2. The molecule has 0 aromatic rings. The molecule has 2 heterocycles. The second-order valence-electron chi connectivity index (χ2n) is 6.00. The number of halogens is 1. The fourth-order valence-electron chi connectivity index (χ4n) is 2.60. The lowest BCUT2D eigenvalue weighted by atomic mass is 10.3. The van der Waals surface area contributed by atoms with Crippen molar-refractivity contribution in [1.29, 1.82) is 0 Å². The van der Waals surface area contributed by atoms with Gasteiger partial charge in [0.15, 0.2) is 5.82 Å². The summed E-state index contributed by atoms with van der Waals surface area (Å²) in [4.78, 5) is 17.6. The summed E-state index contributed by atoms with van der Waals surface area (Å²) in [6.07, 6.45) is 2.25. The molecule has 28 heavy (non-hydrogen) atoms. The number of imidazole rings is 1. The van der Waals surface area contributed by atoms with Crippen molar-refractivity contribution in [3.63, 3.8) is 0 Å². The van der Waals surface area contributed by atoms with Gasteiger partial charge in [0.05, 0.1) is 24.1 Å². The second-order valence-corrected chi connectivity index (χ2v) is 10.3. The lowest BCUT2D eigenvalue weighted by Crippen LogP contribution is -2.17. The van der Waals surface area contributed by atoms with E-state index in [0.717, 1.165) is 33.4 Å². The topological polar surface area (TPSA) is 82.5 Å². The Bertz CT molecular complexity index is 848. The van der Waals surface area contributed by atoms with Crippen molar-refractivity contribution >= 4 is 36.7 Å². The number of nitrogens with zero attached hydrogens (tertiary/aromatic N) is 2. The first-order valence-electron chi connectivity index (χ1n) is 9.25. The summed E-state index contributed by atoms with van der Waals surface area (Å²) in [5.74, 6) is 0.989. The molecule has 0 bridgehead atoms. The number of thioether (sulfide) groups is 1. The van der Waals surface area contributed by atoms with Crippen LogP contribution in [0.4, 0.5) is 10.2 Å². The largest absolute Gasteiger partial charge is 0.433 e. The monoisotopic (exact) mass is 451 g/mol. The van der Waals surface area contributed by atoms with Crippen LogP contribution in [0, 0.1) is 13.8 Å². The Hall–Kier alpha value is -0.930. The summed E-state index contributed by atoms with van der Waals surface area (Å²) in [7, 11) is -3.63. The molecule has 2 rings (SSSR count). The Balaban J connectivity index is 2.41. The Morgan fingerprint density at radius 1 is 1.21 bits per heavy atom. The number of fused-ring (bicyclic) bond motifs is 1. The lowest BCUT2D eigenvalue weighted by molar-refractivity contribution is 0.225. The Labute approximate surface area is 173 Å². The average molecular weight is 452 g/mol. The molecule has 0 spiro atoms. The van der Waals surface area contributed by atoms with Gasteiger partial charge in [0.1, 0.15) is 5.69 Å². The molecular weight excluding hydrogens is 424 g/mol. The highest BCUT2D eigenvalue weighted by Crippen LogP contribution is 2.49. The standard InChI is InChI=1S/C17H27FN3O4PS2/c1-5-24-26(23,25-6-2)20-15-14-16(27-11-9-7-8-10-18)28-13(4)12(3)21(14)17(22)19-15/h5-11H2,1-4H3,(H,19,20,22,23). The summed E-state index contributed by atoms with van der Waals surface area (Å²) in [5, 5.41) is 2.74. The van der Waals surface area contributed by atoms with Crippen LogP contribution in [0.2, 0.25) is 0 Å². The van der Waals surface area contributed by atoms with E-state index in [2.05, 4.69) is 10.1 Å². The fraction of sp³-hybridized carbons (Fsp3) is 0.647. The highest BCUT2D eigenvalue weighted by Gasteiger charge is 2.30. The van der Waals surface area contributed by atoms with Crippen molar-refractivity contribution in [2.24, 2.45) is 0 Å². The summed E-state index contributed by atoms with van der Waals surface area (Å²) in [5.41, 5.74) is 0.924. The zero-order valence-electron chi connectivity index (χ0n) is 16.6. The molecule has 0 saturated heterocycles. The lowest BCUT2D eigenvalue weighted by Gasteiger charge is -2.19. The van der Waals surface area contributed by atoms with E-state index in [0.29, 0.717) is 12.1 Å². The zero-order chi connectivity index (χ0) is 20.7. The van der Waals surface area contributed by atoms with Crippen LogP contribution in [0.5, 0.6) is 0 Å². The van der Waals surface area contributed by atoms with Crippen LogP contribution in [0.15, 0.2) is 9.00 Å². The number of anilines is 1. The quantitative estimate of drug-likeness (QED) is 0.271. The van der Waals surface area contributed by atoms with Crippen LogP contribution in [-0.2, 0) is 13.6 Å². The van der Waals surface area contributed by atoms with Crippen LogP contribution in [0.1, 0.15) is 43.7 Å². The molecule has 0 radical (unpaired) electrons. The van der Waals surface area contributed by atoms with Gasteiger partial charge in [-0.3, -0.25) is 23.1 Å². The fourth-order valence-corrected chi connectivity index (χ4v) is 6.42. The van der Waals surface area contributed by atoms with E-state index in [1.54, 1.807) is 36.9 Å². The third-order valence-corrected chi connectivity index (χ3v) is 8.20. The van der Waals surface area contributed by atoms with E-state index < -0.39 is 13.4 Å². The molecule has 0 saturated carbocycles. The minimum absolute atomic E-state index is 0.192. The molecule has 1 N–H and O–H groups in total. The third kappa shape index (κ3) is 5.57. The number of rotatable bonds is 12. The van der Waals surface area contributed by atoms with Crippen LogP contribution < -0.4 is 10.8 Å². The average Bonchev–Trinajstić information content (AvgIpc) is 2.95. The molecular formula is C17H27FN3O4PS2. The second kappa shape index (κ2) is 10.7. The van der Waals surface area contributed by atoms with Crippen LogP contribution in [0.25, 0.3) is 5.69 Å². The Morgan fingerprint density at radius 3 is 2.50 bits per heavy atom. The highest BCUT2D eigenvalue weighted by molar-refractivity contribution is 8.01. The molecule has 0 fully saturated rings. The maximum atomic E-state index is 12.9. The van der Waals surface area contributed by atoms with E-state index in [4.69, 9.17) is 9.05 Å². The van der Waals surface area contributed by atoms with Crippen molar-refractivity contribution in [3.8, 4) is 5.69 Å². The first-order valence-corrected chi connectivity index (χ1v) is 12.6. The first-order chi connectivity index (χ1) is 13.4. The van der Waals surface area contributed by atoms with Gasteiger partial charge in [-0.1, -0.05) is 6.42 Å². The summed E-state index contributed by atoms with van der Waals surface area (Å²) < 4.78 is 38.1. The summed E-state index contributed by atoms with van der Waals surface area (Å²) >= 11 is 3.14. The number of aryl methyl sites for hydroxylation is 1. The SMILES string of the molecule is CCOP(=O)(Nc1nc(=O)n2c(C)c(C)sc(SCCCCCF)c1-2)OCC. The van der Waals surface area contributed by atoms with Gasteiger partial charge in [0.2, 0.25) is 0 Å². The maximum absolute atomic E-state index is 12.9. The predicted molar refractivity (Wildman–Crippen MR) is 113 cm³/mol. The summed E-state index contributed by atoms with van der Waals surface area (Å²) in [6.45, 7) is 7.31. The smallest absolute Gasteiger partial charge is 0.293 e. The molecule has 0 amide bonds. The molecule has 2 aliphatic heterocycles. The van der Waals surface area contributed by atoms with E-state index in [9.17, 15) is 13.8 Å². The van der Waals surface area contributed by atoms with Crippen molar-refractivity contribution in [2.75, 3.05) is 30.7 Å². The predicted octanol–water partition coefficient (Wildman–Crippen LogP) is 5.17. The number of aromatic nitrogens is 2. The van der Waals surface area contributed by atoms with Gasteiger partial charge in [-0.25, -0.2) is 9.36 Å². The molecule has 2 aliphatic rings. The van der Waals surface area contributed by atoms with Gasteiger partial charge in [-0.15, -0.1) is 23.1 Å². The van der Waals surface area contributed by atoms with Crippen molar-refractivity contribution < 1.29 is 18.0 Å². The van der Waals surface area contributed by atoms with E-state index >= 15 is 0 Å². The number of nitrogens with one attached hydrogen (secondary N) is 1. The van der Waals surface area contributed by atoms with Gasteiger partial charge < -0.3 is 0 Å². The molecule has 0 atom stereocenters. The molecule has 0 aromatic carbocycles. The Morgan fingerprint density at radius 2 is 1.89 bits per heavy atom. The number of unbranched alkanes of at least 4 members (excludes halogenated alkanes) is 2. The molecule has 0 aromatic heterocycles. The summed E-state index contributed by atoms with van der Waals surface area (Å²) in [6, 6.07) is 0. The molecule has 7 nitrogen and oxygen atoms in total. The van der Waals surface area contributed by atoms with Crippen LogP contribution in [-0.4, -0.2) is 35.2 Å². The van der Waals surface area contributed by atoms with Gasteiger partial charge in [0.25, 0.3) is 0 Å².